The second-order valence-electron chi connectivity index (χ2n) is 14.0. The molecule has 21 heteroatoms. The number of nitrogens with two attached hydrogens (primary N) is 1. The molecule has 2 aromatic carbocycles. The Morgan fingerprint density at radius 1 is 0.754 bits per heavy atom. The van der Waals surface area contributed by atoms with E-state index in [0.29, 0.717) is 40.8 Å². The van der Waals surface area contributed by atoms with Gasteiger partial charge in [0.25, 0.3) is 0 Å². The van der Waals surface area contributed by atoms with Crippen molar-refractivity contribution in [2.75, 3.05) is 42.5 Å². The second-order valence-corrected chi connectivity index (χ2v) is 19.4. The van der Waals surface area contributed by atoms with E-state index < -0.39 is 54.3 Å². The van der Waals surface area contributed by atoms with E-state index in [-0.39, 0.29) is 65.0 Å². The number of nitrogens with one attached hydrogen (secondary N) is 1. The van der Waals surface area contributed by atoms with Crippen molar-refractivity contribution in [3.8, 4) is 11.8 Å². The molecule has 0 aliphatic carbocycles. The standard InChI is InChI=1S/C18H24FN3O5S.C14H16BrFN2O3S.C4H9NO2/c1-5-14-20-15-12(16(21-14)27-7-6-8-28(4,25)26)9-11(10-13(15)19)22-18(2,3)17(23)24;1-3-12-17-13-10(7-9(15)8-11(13)16)14(18-12)21-5-4-6-22(2,19)20;1-4(2,5)3(6)7/h9-10,22H,5-8H2,1-4H3,(H,23,24);7-8H,3-6H2,1-2H3;5H2,1-2H3,(H,6,7). The van der Waals surface area contributed by atoms with Crippen molar-refractivity contribution in [3.63, 3.8) is 0 Å². The van der Waals surface area contributed by atoms with E-state index in [2.05, 4.69) is 41.2 Å². The third-order valence-electron chi connectivity index (χ3n) is 7.47. The van der Waals surface area contributed by atoms with Crippen LogP contribution in [-0.2, 0) is 42.1 Å². The summed E-state index contributed by atoms with van der Waals surface area (Å²) in [6.45, 7) is 9.75. The number of hydrogen-bond donors (Lipinski definition) is 4. The molecule has 0 saturated heterocycles. The van der Waals surface area contributed by atoms with Gasteiger partial charge in [0, 0.05) is 35.5 Å². The zero-order chi connectivity index (χ0) is 43.5. The number of ether oxygens (including phenoxy) is 2. The minimum absolute atomic E-state index is 0.0364. The first-order chi connectivity index (χ1) is 26.2. The molecule has 2 aromatic heterocycles. The Hall–Kier alpha value is -4.34. The highest BCUT2D eigenvalue weighted by Gasteiger charge is 2.27. The van der Waals surface area contributed by atoms with Crippen LogP contribution < -0.4 is 20.5 Å². The fraction of sp³-hybridized carbons (Fsp3) is 0.500. The van der Waals surface area contributed by atoms with Crippen molar-refractivity contribution in [2.45, 2.75) is 78.3 Å². The summed E-state index contributed by atoms with van der Waals surface area (Å²) in [7, 11) is -6.14. The Balaban J connectivity index is 0.000000344. The summed E-state index contributed by atoms with van der Waals surface area (Å²) in [5.74, 6) is -1.90. The van der Waals surface area contributed by atoms with Crippen LogP contribution in [0.1, 0.15) is 66.0 Å². The van der Waals surface area contributed by atoms with Gasteiger partial charge in [0.2, 0.25) is 11.8 Å². The molecule has 0 spiro atoms. The highest BCUT2D eigenvalue weighted by molar-refractivity contribution is 9.10. The van der Waals surface area contributed by atoms with Crippen LogP contribution >= 0.6 is 15.9 Å². The molecule has 0 atom stereocenters. The van der Waals surface area contributed by atoms with Gasteiger partial charge in [-0.25, -0.2) is 40.4 Å². The molecule has 0 amide bonds. The number of aromatic nitrogens is 4. The zero-order valence-corrected chi connectivity index (χ0v) is 36.2. The van der Waals surface area contributed by atoms with E-state index in [9.17, 15) is 40.3 Å². The predicted molar refractivity (Wildman–Crippen MR) is 216 cm³/mol. The molecule has 2 heterocycles. The molecule has 0 unspecified atom stereocenters. The van der Waals surface area contributed by atoms with Gasteiger partial charge in [-0.15, -0.1) is 0 Å². The molecular formula is C36H49BrF2N6O10S2. The van der Waals surface area contributed by atoms with E-state index >= 15 is 0 Å². The highest BCUT2D eigenvalue weighted by Crippen LogP contribution is 2.31. The molecular weight excluding hydrogens is 858 g/mol. The van der Waals surface area contributed by atoms with E-state index in [1.165, 1.54) is 52.1 Å². The molecule has 0 aliphatic heterocycles. The lowest BCUT2D eigenvalue weighted by Gasteiger charge is -2.23. The van der Waals surface area contributed by atoms with Crippen LogP contribution in [0.3, 0.4) is 0 Å². The maximum absolute atomic E-state index is 14.7. The fourth-order valence-electron chi connectivity index (χ4n) is 4.38. The van der Waals surface area contributed by atoms with Crippen molar-refractivity contribution >= 4 is 75.0 Å². The molecule has 5 N–H and O–H groups in total. The number of hydrogen-bond acceptors (Lipinski definition) is 14. The minimum Gasteiger partial charge on any atom is -0.480 e. The van der Waals surface area contributed by atoms with Gasteiger partial charge in [0.15, 0.2) is 11.6 Å². The predicted octanol–water partition coefficient (Wildman–Crippen LogP) is 5.14. The molecule has 0 saturated carbocycles. The maximum Gasteiger partial charge on any atom is 0.328 e. The molecule has 0 fully saturated rings. The van der Waals surface area contributed by atoms with Crippen LogP contribution in [0.2, 0.25) is 0 Å². The number of fused-ring (bicyclic) bond motifs is 2. The quantitative estimate of drug-likeness (QED) is 0.106. The van der Waals surface area contributed by atoms with E-state index in [1.807, 2.05) is 13.8 Å². The summed E-state index contributed by atoms with van der Waals surface area (Å²) in [6.07, 6.45) is 3.93. The van der Waals surface area contributed by atoms with Crippen LogP contribution in [0.4, 0.5) is 14.5 Å². The second kappa shape index (κ2) is 20.4. The molecule has 0 bridgehead atoms. The number of rotatable bonds is 16. The average molecular weight is 908 g/mol. The van der Waals surface area contributed by atoms with Crippen LogP contribution in [-0.4, -0.2) is 107 Å². The minimum atomic E-state index is -3.11. The largest absolute Gasteiger partial charge is 0.480 e. The molecule has 0 aliphatic rings. The number of aryl methyl sites for hydroxylation is 2. The smallest absolute Gasteiger partial charge is 0.328 e. The monoisotopic (exact) mass is 906 g/mol. The Morgan fingerprint density at radius 2 is 1.16 bits per heavy atom. The topological polar surface area (TPSA) is 251 Å². The van der Waals surface area contributed by atoms with Gasteiger partial charge >= 0.3 is 11.9 Å². The number of carboxylic acids is 2. The third kappa shape index (κ3) is 16.2. The number of carbonyl (C=O) groups is 2. The number of benzene rings is 2. The molecule has 16 nitrogen and oxygen atoms in total. The van der Waals surface area contributed by atoms with Gasteiger partial charge in [-0.1, -0.05) is 29.8 Å². The van der Waals surface area contributed by atoms with E-state index in [0.717, 1.165) is 6.26 Å². The number of sulfone groups is 2. The summed E-state index contributed by atoms with van der Waals surface area (Å²) < 4.78 is 85.1. The lowest BCUT2D eigenvalue weighted by Crippen LogP contribution is -2.41. The van der Waals surface area contributed by atoms with Crippen LogP contribution in [0.5, 0.6) is 11.8 Å². The lowest BCUT2D eigenvalue weighted by molar-refractivity contribution is -0.142. The first kappa shape index (κ1) is 48.8. The molecule has 316 valence electrons. The number of nitrogens with zero attached hydrogens (tertiary/aromatic N) is 4. The highest BCUT2D eigenvalue weighted by atomic mass is 79.9. The summed E-state index contributed by atoms with van der Waals surface area (Å²) in [4.78, 5) is 38.1. The van der Waals surface area contributed by atoms with Crippen molar-refractivity contribution in [3.05, 3.63) is 52.0 Å². The molecule has 4 rings (SSSR count). The lowest BCUT2D eigenvalue weighted by atomic mass is 10.1. The molecule has 4 aromatic rings. The van der Waals surface area contributed by atoms with Gasteiger partial charge < -0.3 is 30.7 Å². The van der Waals surface area contributed by atoms with Crippen LogP contribution in [0.25, 0.3) is 21.8 Å². The van der Waals surface area contributed by atoms with Gasteiger partial charge in [-0.2, -0.15) is 9.97 Å². The van der Waals surface area contributed by atoms with Crippen molar-refractivity contribution in [2.24, 2.45) is 5.73 Å². The normalized spacial score (nSPS) is 11.9. The summed E-state index contributed by atoms with van der Waals surface area (Å²) in [5, 5.41) is 20.9. The van der Waals surface area contributed by atoms with E-state index in [1.54, 1.807) is 6.07 Å². The fourth-order valence-corrected chi connectivity index (χ4v) is 6.10. The van der Waals surface area contributed by atoms with Crippen LogP contribution in [0, 0.1) is 11.6 Å². The summed E-state index contributed by atoms with van der Waals surface area (Å²) >= 11 is 3.23. The zero-order valence-electron chi connectivity index (χ0n) is 32.9. The SMILES string of the molecule is CC(C)(N)C(=O)O.CCc1nc(OCCCS(C)(=O)=O)c2cc(Br)cc(F)c2n1.CCc1nc(OCCCS(C)(=O)=O)c2cc(NC(C)(C)C(=O)O)cc(F)c2n1. The Morgan fingerprint density at radius 3 is 1.53 bits per heavy atom. The number of carboxylic acid groups (broad SMARTS) is 2. The van der Waals surface area contributed by atoms with Crippen molar-refractivity contribution < 1.29 is 54.9 Å². The van der Waals surface area contributed by atoms with Gasteiger partial charge in [0.05, 0.1) is 35.5 Å². The van der Waals surface area contributed by atoms with Gasteiger partial charge in [-0.05, 0) is 64.8 Å². The first-order valence-electron chi connectivity index (χ1n) is 17.5. The van der Waals surface area contributed by atoms with Crippen molar-refractivity contribution in [1.29, 1.82) is 0 Å². The Labute approximate surface area is 339 Å². The Bertz CT molecular complexity index is 2290. The number of halogens is 3. The Kier molecular flexibility index (Phi) is 17.4. The number of aliphatic carboxylic acids is 2. The van der Waals surface area contributed by atoms with Crippen LogP contribution in [0.15, 0.2) is 28.7 Å². The summed E-state index contributed by atoms with van der Waals surface area (Å²) in [6, 6.07) is 5.72. The number of anilines is 1. The average Bonchev–Trinajstić information content (AvgIpc) is 3.07. The summed E-state index contributed by atoms with van der Waals surface area (Å²) in [5.41, 5.74) is 3.18. The molecule has 0 radical (unpaired) electrons. The van der Waals surface area contributed by atoms with Crippen molar-refractivity contribution in [1.82, 2.24) is 19.9 Å². The van der Waals surface area contributed by atoms with Gasteiger partial charge in [-0.3, -0.25) is 4.79 Å². The van der Waals surface area contributed by atoms with E-state index in [4.69, 9.17) is 20.3 Å². The first-order valence-corrected chi connectivity index (χ1v) is 22.4. The molecule has 57 heavy (non-hydrogen) atoms. The maximum atomic E-state index is 14.7. The third-order valence-corrected chi connectivity index (χ3v) is 9.99. The van der Waals surface area contributed by atoms with Gasteiger partial charge in [0.1, 0.15) is 53.4 Å².